The Kier molecular flexibility index (Phi) is 8.34. The highest BCUT2D eigenvalue weighted by atomic mass is 35.5. The van der Waals surface area contributed by atoms with Crippen LogP contribution in [0, 0.1) is 0 Å². The van der Waals surface area contributed by atoms with Crippen molar-refractivity contribution in [1.29, 1.82) is 0 Å². The Balaban J connectivity index is 1.44. The van der Waals surface area contributed by atoms with Crippen LogP contribution in [0.5, 0.6) is 11.5 Å². The van der Waals surface area contributed by atoms with Gasteiger partial charge in [-0.3, -0.25) is 0 Å². The van der Waals surface area contributed by atoms with E-state index in [9.17, 15) is 4.79 Å². The lowest BCUT2D eigenvalue weighted by Crippen LogP contribution is -2.37. The van der Waals surface area contributed by atoms with E-state index in [0.717, 1.165) is 35.6 Å². The zero-order valence-corrected chi connectivity index (χ0v) is 20.6. The lowest BCUT2D eigenvalue weighted by Gasteiger charge is -2.30. The Morgan fingerprint density at radius 2 is 1.83 bits per heavy atom. The van der Waals surface area contributed by atoms with Crippen molar-refractivity contribution in [3.05, 3.63) is 82.4 Å². The van der Waals surface area contributed by atoms with Crippen LogP contribution < -0.4 is 19.7 Å². The van der Waals surface area contributed by atoms with E-state index < -0.39 is 0 Å². The maximum Gasteiger partial charge on any atom is 0.340 e. The van der Waals surface area contributed by atoms with Gasteiger partial charge in [-0.05, 0) is 53.6 Å². The molecule has 8 heteroatoms. The SMILES string of the molecule is COC(=O)c1cc(NCc2ccc(OCc3cccc(Cl)c3)c(OC)c2)ccc1N1CCOCC1. The van der Waals surface area contributed by atoms with Gasteiger partial charge in [-0.25, -0.2) is 4.79 Å². The summed E-state index contributed by atoms with van der Waals surface area (Å²) < 4.78 is 21.9. The molecule has 7 nitrogen and oxygen atoms in total. The van der Waals surface area contributed by atoms with Crippen LogP contribution in [-0.4, -0.2) is 46.5 Å². The van der Waals surface area contributed by atoms with E-state index in [4.69, 9.17) is 30.5 Å². The van der Waals surface area contributed by atoms with Gasteiger partial charge in [-0.1, -0.05) is 29.8 Å². The van der Waals surface area contributed by atoms with Gasteiger partial charge in [0.05, 0.1) is 38.7 Å². The maximum atomic E-state index is 12.5. The lowest BCUT2D eigenvalue weighted by atomic mass is 10.1. The molecule has 1 fully saturated rings. The number of esters is 1. The molecule has 1 N–H and O–H groups in total. The average molecular weight is 497 g/mol. The van der Waals surface area contributed by atoms with Crippen LogP contribution in [0.3, 0.4) is 0 Å². The van der Waals surface area contributed by atoms with Gasteiger partial charge in [-0.2, -0.15) is 0 Å². The third kappa shape index (κ3) is 6.38. The van der Waals surface area contributed by atoms with E-state index in [2.05, 4.69) is 10.2 Å². The summed E-state index contributed by atoms with van der Waals surface area (Å²) in [6.45, 7) is 3.69. The number of ether oxygens (including phenoxy) is 4. The molecule has 0 bridgehead atoms. The van der Waals surface area contributed by atoms with Gasteiger partial charge in [0.25, 0.3) is 0 Å². The smallest absolute Gasteiger partial charge is 0.340 e. The molecule has 1 aliphatic rings. The molecule has 0 aromatic heterocycles. The minimum Gasteiger partial charge on any atom is -0.493 e. The Morgan fingerprint density at radius 1 is 1.00 bits per heavy atom. The number of anilines is 2. The van der Waals surface area contributed by atoms with E-state index in [1.165, 1.54) is 7.11 Å². The number of hydrogen-bond acceptors (Lipinski definition) is 7. The maximum absolute atomic E-state index is 12.5. The van der Waals surface area contributed by atoms with Crippen molar-refractivity contribution in [3.8, 4) is 11.5 Å². The van der Waals surface area contributed by atoms with E-state index in [1.807, 2.05) is 60.7 Å². The average Bonchev–Trinajstić information content (AvgIpc) is 2.90. The third-order valence-corrected chi connectivity index (χ3v) is 6.00. The van der Waals surface area contributed by atoms with Crippen molar-refractivity contribution >= 4 is 28.9 Å². The fourth-order valence-corrected chi connectivity index (χ4v) is 4.15. The van der Waals surface area contributed by atoms with Gasteiger partial charge in [-0.15, -0.1) is 0 Å². The third-order valence-electron chi connectivity index (χ3n) is 5.76. The van der Waals surface area contributed by atoms with Gasteiger partial charge in [0.15, 0.2) is 11.5 Å². The molecule has 1 aliphatic heterocycles. The number of hydrogen-bond donors (Lipinski definition) is 1. The number of carbonyl (C=O) groups excluding carboxylic acids is 1. The summed E-state index contributed by atoms with van der Waals surface area (Å²) >= 11 is 6.05. The van der Waals surface area contributed by atoms with Crippen molar-refractivity contribution in [2.24, 2.45) is 0 Å². The zero-order valence-electron chi connectivity index (χ0n) is 19.9. The van der Waals surface area contributed by atoms with Crippen LogP contribution in [0.4, 0.5) is 11.4 Å². The quantitative estimate of drug-likeness (QED) is 0.410. The van der Waals surface area contributed by atoms with Crippen LogP contribution in [0.1, 0.15) is 21.5 Å². The zero-order chi connectivity index (χ0) is 24.6. The van der Waals surface area contributed by atoms with Crippen molar-refractivity contribution in [3.63, 3.8) is 0 Å². The van der Waals surface area contributed by atoms with Crippen molar-refractivity contribution in [2.75, 3.05) is 50.7 Å². The normalized spacial score (nSPS) is 13.3. The molecule has 0 unspecified atom stereocenters. The summed E-state index contributed by atoms with van der Waals surface area (Å²) in [6, 6.07) is 19.1. The first kappa shape index (κ1) is 24.7. The molecular weight excluding hydrogens is 468 g/mol. The number of nitrogens with one attached hydrogen (secondary N) is 1. The minimum atomic E-state index is -0.363. The number of carbonyl (C=O) groups is 1. The number of methoxy groups -OCH3 is 2. The first-order valence-corrected chi connectivity index (χ1v) is 11.8. The number of benzene rings is 3. The van der Waals surface area contributed by atoms with Crippen molar-refractivity contribution in [2.45, 2.75) is 13.2 Å². The summed E-state index contributed by atoms with van der Waals surface area (Å²) in [5, 5.41) is 4.06. The Labute approximate surface area is 210 Å². The molecule has 0 spiro atoms. The molecule has 0 aliphatic carbocycles. The van der Waals surface area contributed by atoms with Crippen molar-refractivity contribution in [1.82, 2.24) is 0 Å². The molecule has 0 amide bonds. The second-order valence-corrected chi connectivity index (χ2v) is 8.52. The van der Waals surface area contributed by atoms with Crippen LogP contribution in [0.2, 0.25) is 5.02 Å². The monoisotopic (exact) mass is 496 g/mol. The van der Waals surface area contributed by atoms with Gasteiger partial charge in [0.2, 0.25) is 0 Å². The van der Waals surface area contributed by atoms with E-state index in [-0.39, 0.29) is 5.97 Å². The minimum absolute atomic E-state index is 0.363. The summed E-state index contributed by atoms with van der Waals surface area (Å²) in [7, 11) is 3.01. The number of halogens is 1. The molecule has 1 saturated heterocycles. The fourth-order valence-electron chi connectivity index (χ4n) is 3.93. The Hall–Kier alpha value is -3.42. The van der Waals surface area contributed by atoms with Gasteiger partial charge in [0.1, 0.15) is 6.61 Å². The Morgan fingerprint density at radius 3 is 2.57 bits per heavy atom. The van der Waals surface area contributed by atoms with Gasteiger partial charge < -0.3 is 29.2 Å². The summed E-state index contributed by atoms with van der Waals surface area (Å²) in [5.41, 5.74) is 4.19. The van der Waals surface area contributed by atoms with Crippen LogP contribution in [0.25, 0.3) is 0 Å². The highest BCUT2D eigenvalue weighted by Crippen LogP contribution is 2.30. The predicted octanol–water partition coefficient (Wildman–Crippen LogP) is 5.16. The molecule has 0 atom stereocenters. The topological polar surface area (TPSA) is 69.3 Å². The first-order chi connectivity index (χ1) is 17.1. The van der Waals surface area contributed by atoms with E-state index in [1.54, 1.807) is 7.11 Å². The van der Waals surface area contributed by atoms with Crippen LogP contribution >= 0.6 is 11.6 Å². The van der Waals surface area contributed by atoms with Crippen LogP contribution in [0.15, 0.2) is 60.7 Å². The summed E-state index contributed by atoms with van der Waals surface area (Å²) in [5.74, 6) is 0.932. The van der Waals surface area contributed by atoms with Crippen molar-refractivity contribution < 1.29 is 23.7 Å². The number of nitrogens with zero attached hydrogens (tertiary/aromatic N) is 1. The molecule has 3 aromatic rings. The lowest BCUT2D eigenvalue weighted by molar-refractivity contribution is 0.0600. The molecule has 3 aromatic carbocycles. The fraction of sp³-hybridized carbons (Fsp3) is 0.296. The molecule has 4 rings (SSSR count). The molecule has 184 valence electrons. The van der Waals surface area contributed by atoms with E-state index >= 15 is 0 Å². The largest absolute Gasteiger partial charge is 0.493 e. The molecule has 0 saturated carbocycles. The summed E-state index contributed by atoms with van der Waals surface area (Å²) in [4.78, 5) is 14.6. The molecular formula is C27H29ClN2O5. The van der Waals surface area contributed by atoms with E-state index in [0.29, 0.717) is 48.5 Å². The van der Waals surface area contributed by atoms with Crippen LogP contribution in [-0.2, 0) is 22.6 Å². The Bertz CT molecular complexity index is 1160. The van der Waals surface area contributed by atoms with Gasteiger partial charge >= 0.3 is 5.97 Å². The summed E-state index contributed by atoms with van der Waals surface area (Å²) in [6.07, 6.45) is 0. The highest BCUT2D eigenvalue weighted by molar-refractivity contribution is 6.30. The number of morpholine rings is 1. The highest BCUT2D eigenvalue weighted by Gasteiger charge is 2.20. The molecule has 1 heterocycles. The molecule has 35 heavy (non-hydrogen) atoms. The standard InChI is InChI=1S/C27H29ClN2O5/c1-32-26-15-19(6-9-25(26)35-18-20-4-3-5-21(28)14-20)17-29-22-7-8-24(23(16-22)27(31)33-2)30-10-12-34-13-11-30/h3-9,14-16,29H,10-13,17-18H2,1-2H3. The molecule has 0 radical (unpaired) electrons. The first-order valence-electron chi connectivity index (χ1n) is 11.4. The number of rotatable bonds is 9. The predicted molar refractivity (Wildman–Crippen MR) is 137 cm³/mol. The second-order valence-electron chi connectivity index (χ2n) is 8.08. The van der Waals surface area contributed by atoms with Gasteiger partial charge in [0, 0.05) is 30.3 Å². The second kappa shape index (κ2) is 11.8.